The molecule has 13 heavy (non-hydrogen) atoms. The fourth-order valence-electron chi connectivity index (χ4n) is 0.690. The third-order valence-electron chi connectivity index (χ3n) is 1.15. The first-order chi connectivity index (χ1) is 5.88. The lowest BCUT2D eigenvalue weighted by Gasteiger charge is -2.08. The van der Waals surface area contributed by atoms with Gasteiger partial charge in [0.15, 0.2) is 0 Å². The zero-order valence-electron chi connectivity index (χ0n) is 6.10. The molecule has 0 bridgehead atoms. The average molecular weight is 212 g/mol. The summed E-state index contributed by atoms with van der Waals surface area (Å²) in [6.45, 7) is 0. The van der Waals surface area contributed by atoms with Crippen molar-refractivity contribution in [2.75, 3.05) is 0 Å². The van der Waals surface area contributed by atoms with Gasteiger partial charge in [-0.1, -0.05) is 0 Å². The minimum absolute atomic E-state index is 0.193. The maximum Gasteiger partial charge on any atom is 0.573 e. The number of hydrogen-bond acceptors (Lipinski definition) is 2. The lowest BCUT2D eigenvalue weighted by Crippen LogP contribution is -2.17. The summed E-state index contributed by atoms with van der Waals surface area (Å²) in [6.07, 6.45) is -4.77. The van der Waals surface area contributed by atoms with Crippen molar-refractivity contribution in [1.29, 1.82) is 0 Å². The molecule has 1 aromatic rings. The van der Waals surface area contributed by atoms with Gasteiger partial charge in [-0.15, -0.1) is 25.8 Å². The molecule has 6 heteroatoms. The van der Waals surface area contributed by atoms with E-state index in [0.717, 1.165) is 18.2 Å². The van der Waals surface area contributed by atoms with Gasteiger partial charge in [0, 0.05) is 4.90 Å². The van der Waals surface area contributed by atoms with E-state index in [1.807, 2.05) is 0 Å². The Kier molecular flexibility index (Phi) is 2.70. The van der Waals surface area contributed by atoms with Crippen molar-refractivity contribution in [2.45, 2.75) is 11.3 Å². The zero-order valence-corrected chi connectivity index (χ0v) is 6.99. The van der Waals surface area contributed by atoms with E-state index in [4.69, 9.17) is 0 Å². The zero-order chi connectivity index (χ0) is 10.1. The van der Waals surface area contributed by atoms with Crippen LogP contribution in [0.3, 0.4) is 0 Å². The first kappa shape index (κ1) is 10.2. The molecule has 0 amide bonds. The van der Waals surface area contributed by atoms with Crippen LogP contribution in [0, 0.1) is 5.82 Å². The Morgan fingerprint density at radius 1 is 1.23 bits per heavy atom. The van der Waals surface area contributed by atoms with Gasteiger partial charge < -0.3 is 4.74 Å². The second-order valence-electron chi connectivity index (χ2n) is 2.16. The Morgan fingerprint density at radius 2 is 1.85 bits per heavy atom. The van der Waals surface area contributed by atoms with Crippen molar-refractivity contribution in [3.63, 3.8) is 0 Å². The predicted molar refractivity (Wildman–Crippen MR) is 40.3 cm³/mol. The predicted octanol–water partition coefficient (Wildman–Crippen LogP) is 3.01. The number of alkyl halides is 3. The van der Waals surface area contributed by atoms with Crippen LogP contribution in [0.5, 0.6) is 5.75 Å². The summed E-state index contributed by atoms with van der Waals surface area (Å²) in [4.78, 5) is -0.193. The molecular formula is C7H4F4OS. The molecule has 72 valence electrons. The second kappa shape index (κ2) is 3.45. The number of thiol groups is 1. The topological polar surface area (TPSA) is 9.23 Å². The van der Waals surface area contributed by atoms with Gasteiger partial charge >= 0.3 is 6.36 Å². The van der Waals surface area contributed by atoms with Crippen LogP contribution in [0.4, 0.5) is 17.6 Å². The summed E-state index contributed by atoms with van der Waals surface area (Å²) in [5.41, 5.74) is 0. The largest absolute Gasteiger partial charge is 0.573 e. The highest BCUT2D eigenvalue weighted by Crippen LogP contribution is 2.25. The lowest BCUT2D eigenvalue weighted by molar-refractivity contribution is -0.274. The molecule has 0 aliphatic carbocycles. The minimum Gasteiger partial charge on any atom is -0.406 e. The van der Waals surface area contributed by atoms with Crippen molar-refractivity contribution in [2.24, 2.45) is 0 Å². The first-order valence-corrected chi connectivity index (χ1v) is 3.57. The van der Waals surface area contributed by atoms with E-state index in [-0.39, 0.29) is 4.90 Å². The maximum absolute atomic E-state index is 12.5. The van der Waals surface area contributed by atoms with Gasteiger partial charge in [-0.3, -0.25) is 0 Å². The molecule has 0 radical (unpaired) electrons. The SMILES string of the molecule is Fc1ccc(OC(F)(F)F)cc1S. The highest BCUT2D eigenvalue weighted by Gasteiger charge is 2.31. The van der Waals surface area contributed by atoms with Crippen molar-refractivity contribution in [3.8, 4) is 5.75 Å². The molecule has 0 spiro atoms. The summed E-state index contributed by atoms with van der Waals surface area (Å²) in [6, 6.07) is 2.58. The number of rotatable bonds is 1. The molecule has 0 aliphatic rings. The molecule has 0 N–H and O–H groups in total. The molecule has 0 saturated carbocycles. The van der Waals surface area contributed by atoms with E-state index in [0.29, 0.717) is 0 Å². The summed E-state index contributed by atoms with van der Waals surface area (Å²) in [7, 11) is 0. The lowest BCUT2D eigenvalue weighted by atomic mass is 10.3. The van der Waals surface area contributed by atoms with Gasteiger partial charge in [0.05, 0.1) is 0 Å². The molecule has 0 heterocycles. The smallest absolute Gasteiger partial charge is 0.406 e. The Balaban J connectivity index is 2.86. The van der Waals surface area contributed by atoms with Crippen LogP contribution in [-0.2, 0) is 0 Å². The highest BCUT2D eigenvalue weighted by atomic mass is 32.1. The molecule has 0 aromatic heterocycles. The minimum atomic E-state index is -4.77. The van der Waals surface area contributed by atoms with E-state index in [1.54, 1.807) is 0 Å². The van der Waals surface area contributed by atoms with Gasteiger partial charge in [0.1, 0.15) is 11.6 Å². The Morgan fingerprint density at radius 3 is 2.31 bits per heavy atom. The Bertz CT molecular complexity index is 310. The van der Waals surface area contributed by atoms with Gasteiger partial charge in [0.25, 0.3) is 0 Å². The van der Waals surface area contributed by atoms with E-state index in [2.05, 4.69) is 17.4 Å². The van der Waals surface area contributed by atoms with E-state index < -0.39 is 17.9 Å². The quantitative estimate of drug-likeness (QED) is 0.556. The normalized spacial score (nSPS) is 11.5. The van der Waals surface area contributed by atoms with E-state index in [9.17, 15) is 17.6 Å². The van der Waals surface area contributed by atoms with Crippen molar-refractivity contribution < 1.29 is 22.3 Å². The molecule has 1 rings (SSSR count). The van der Waals surface area contributed by atoms with Crippen LogP contribution in [-0.4, -0.2) is 6.36 Å². The molecule has 0 unspecified atom stereocenters. The second-order valence-corrected chi connectivity index (χ2v) is 2.64. The number of ether oxygens (including phenoxy) is 1. The van der Waals surface area contributed by atoms with Crippen molar-refractivity contribution in [1.82, 2.24) is 0 Å². The van der Waals surface area contributed by atoms with Crippen LogP contribution in [0.15, 0.2) is 23.1 Å². The van der Waals surface area contributed by atoms with Crippen molar-refractivity contribution >= 4 is 12.6 Å². The number of halogens is 4. The third-order valence-corrected chi connectivity index (χ3v) is 1.49. The molecule has 1 nitrogen and oxygen atoms in total. The fraction of sp³-hybridized carbons (Fsp3) is 0.143. The number of hydrogen-bond donors (Lipinski definition) is 1. The van der Waals surface area contributed by atoms with Crippen LogP contribution in [0.2, 0.25) is 0 Å². The molecular weight excluding hydrogens is 208 g/mol. The van der Waals surface area contributed by atoms with E-state index >= 15 is 0 Å². The monoisotopic (exact) mass is 212 g/mol. The van der Waals surface area contributed by atoms with Gasteiger partial charge in [0.2, 0.25) is 0 Å². The standard InChI is InChI=1S/C7H4F4OS/c8-5-2-1-4(3-6(5)13)12-7(9,10)11/h1-3,13H. The molecule has 0 atom stereocenters. The Labute approximate surface area is 76.7 Å². The summed E-state index contributed by atoms with van der Waals surface area (Å²) >= 11 is 3.59. The first-order valence-electron chi connectivity index (χ1n) is 3.13. The molecule has 1 aromatic carbocycles. The molecule has 0 saturated heterocycles. The van der Waals surface area contributed by atoms with Gasteiger partial charge in [-0.05, 0) is 18.2 Å². The van der Waals surface area contributed by atoms with Crippen LogP contribution < -0.4 is 4.74 Å². The van der Waals surface area contributed by atoms with Crippen LogP contribution >= 0.6 is 12.6 Å². The summed E-state index contributed by atoms with van der Waals surface area (Å²) in [5, 5.41) is 0. The fourth-order valence-corrected chi connectivity index (χ4v) is 0.891. The highest BCUT2D eigenvalue weighted by molar-refractivity contribution is 7.80. The third kappa shape index (κ3) is 3.14. The van der Waals surface area contributed by atoms with Crippen molar-refractivity contribution in [3.05, 3.63) is 24.0 Å². The number of benzene rings is 1. The maximum atomic E-state index is 12.5. The molecule has 0 fully saturated rings. The van der Waals surface area contributed by atoms with Gasteiger partial charge in [-0.2, -0.15) is 0 Å². The summed E-state index contributed by atoms with van der Waals surface area (Å²) < 4.78 is 50.9. The summed E-state index contributed by atoms with van der Waals surface area (Å²) in [5.74, 6) is -1.18. The Hall–Kier alpha value is -0.910. The average Bonchev–Trinajstić information content (AvgIpc) is 1.94. The van der Waals surface area contributed by atoms with Crippen LogP contribution in [0.1, 0.15) is 0 Å². The van der Waals surface area contributed by atoms with E-state index in [1.165, 1.54) is 0 Å². The molecule has 0 aliphatic heterocycles. The van der Waals surface area contributed by atoms with Crippen LogP contribution in [0.25, 0.3) is 0 Å². The van der Waals surface area contributed by atoms with Gasteiger partial charge in [-0.25, -0.2) is 4.39 Å².